The summed E-state index contributed by atoms with van der Waals surface area (Å²) in [6, 6.07) is 0.333. The molecule has 1 rings (SSSR count). The van der Waals surface area contributed by atoms with Crippen LogP contribution in [0.2, 0.25) is 0 Å². The highest BCUT2D eigenvalue weighted by Crippen LogP contribution is 2.27. The lowest BCUT2D eigenvalue weighted by atomic mass is 9.83. The fourth-order valence-corrected chi connectivity index (χ4v) is 2.54. The van der Waals surface area contributed by atoms with Crippen LogP contribution >= 0.6 is 0 Å². The molecule has 0 bridgehead atoms. The molecule has 2 N–H and O–H groups in total. The minimum atomic E-state index is 0.0443. The number of amides is 1. The zero-order chi connectivity index (χ0) is 11.3. The Kier molecular flexibility index (Phi) is 4.82. The first-order chi connectivity index (χ1) is 7.24. The van der Waals surface area contributed by atoms with Crippen LogP contribution < -0.4 is 5.73 Å². The Hall–Kier alpha value is -0.830. The van der Waals surface area contributed by atoms with Crippen molar-refractivity contribution in [2.45, 2.75) is 38.6 Å². The summed E-state index contributed by atoms with van der Waals surface area (Å²) < 4.78 is 0. The van der Waals surface area contributed by atoms with Gasteiger partial charge in [0.05, 0.1) is 0 Å². The molecule has 3 nitrogen and oxygen atoms in total. The topological polar surface area (TPSA) is 46.3 Å². The molecule has 1 saturated carbocycles. The quantitative estimate of drug-likeness (QED) is 0.715. The van der Waals surface area contributed by atoms with E-state index >= 15 is 0 Å². The summed E-state index contributed by atoms with van der Waals surface area (Å²) in [5.74, 6) is 0.519. The van der Waals surface area contributed by atoms with Gasteiger partial charge in [-0.1, -0.05) is 19.4 Å². The van der Waals surface area contributed by atoms with Gasteiger partial charge in [0.2, 0.25) is 5.91 Å². The highest BCUT2D eigenvalue weighted by atomic mass is 16.2. The fraction of sp³-hybridized carbons (Fsp3) is 0.750. The highest BCUT2D eigenvalue weighted by molar-refractivity contribution is 5.87. The van der Waals surface area contributed by atoms with Crippen molar-refractivity contribution in [2.24, 2.45) is 11.7 Å². The van der Waals surface area contributed by atoms with Crippen LogP contribution in [-0.4, -0.2) is 29.9 Å². The van der Waals surface area contributed by atoms with Gasteiger partial charge >= 0.3 is 0 Å². The molecule has 0 aromatic carbocycles. The Morgan fingerprint density at radius 2 is 2.20 bits per heavy atom. The molecule has 1 amide bonds. The van der Waals surface area contributed by atoms with E-state index in [2.05, 4.69) is 6.58 Å². The molecule has 0 radical (unpaired) electrons. The zero-order valence-electron chi connectivity index (χ0n) is 9.61. The Morgan fingerprint density at radius 3 is 2.73 bits per heavy atom. The van der Waals surface area contributed by atoms with Crippen LogP contribution in [0.15, 0.2) is 12.7 Å². The first kappa shape index (κ1) is 12.2. The van der Waals surface area contributed by atoms with E-state index in [1.54, 1.807) is 0 Å². The lowest BCUT2D eigenvalue weighted by molar-refractivity contribution is -0.129. The Morgan fingerprint density at radius 1 is 1.53 bits per heavy atom. The van der Waals surface area contributed by atoms with Crippen molar-refractivity contribution in [2.75, 3.05) is 13.1 Å². The molecule has 3 heteroatoms. The predicted octanol–water partition coefficient (Wildman–Crippen LogP) is 1.54. The second-order valence-electron chi connectivity index (χ2n) is 4.18. The van der Waals surface area contributed by atoms with Crippen molar-refractivity contribution >= 4 is 5.91 Å². The van der Waals surface area contributed by atoms with Gasteiger partial charge in [-0.05, 0) is 38.3 Å². The second-order valence-corrected chi connectivity index (χ2v) is 4.18. The smallest absolute Gasteiger partial charge is 0.246 e. The normalized spacial score (nSPS) is 26.0. The van der Waals surface area contributed by atoms with Gasteiger partial charge in [-0.25, -0.2) is 0 Å². The van der Waals surface area contributed by atoms with Crippen LogP contribution in [0.4, 0.5) is 0 Å². The van der Waals surface area contributed by atoms with E-state index in [0.29, 0.717) is 18.5 Å². The van der Waals surface area contributed by atoms with Crippen molar-refractivity contribution in [1.82, 2.24) is 4.90 Å². The predicted molar refractivity (Wildman–Crippen MR) is 62.4 cm³/mol. The number of hydrogen-bond acceptors (Lipinski definition) is 2. The third-order valence-corrected chi connectivity index (χ3v) is 3.37. The molecule has 0 aromatic rings. The van der Waals surface area contributed by atoms with E-state index in [1.165, 1.54) is 18.9 Å². The van der Waals surface area contributed by atoms with Crippen LogP contribution in [0.1, 0.15) is 32.6 Å². The fourth-order valence-electron chi connectivity index (χ4n) is 2.54. The minimum Gasteiger partial charge on any atom is -0.336 e. The van der Waals surface area contributed by atoms with Gasteiger partial charge in [-0.15, -0.1) is 0 Å². The van der Waals surface area contributed by atoms with Crippen molar-refractivity contribution in [3.8, 4) is 0 Å². The number of rotatable bonds is 4. The monoisotopic (exact) mass is 210 g/mol. The maximum Gasteiger partial charge on any atom is 0.246 e. The molecule has 0 spiro atoms. The average Bonchev–Trinajstić information content (AvgIpc) is 2.30. The molecule has 2 atom stereocenters. The number of likely N-dealkylation sites (N-methyl/N-ethyl adjacent to an activating group) is 1. The maximum atomic E-state index is 11.7. The number of carbonyl (C=O) groups is 1. The molecular formula is C12H22N2O. The molecule has 2 unspecified atom stereocenters. The highest BCUT2D eigenvalue weighted by Gasteiger charge is 2.30. The zero-order valence-corrected chi connectivity index (χ0v) is 9.61. The third kappa shape index (κ3) is 2.81. The number of nitrogens with two attached hydrogens (primary N) is 1. The first-order valence-electron chi connectivity index (χ1n) is 5.87. The number of hydrogen-bond donors (Lipinski definition) is 1. The van der Waals surface area contributed by atoms with E-state index < -0.39 is 0 Å². The maximum absolute atomic E-state index is 11.7. The van der Waals surface area contributed by atoms with Gasteiger partial charge in [-0.2, -0.15) is 0 Å². The first-order valence-corrected chi connectivity index (χ1v) is 5.87. The average molecular weight is 210 g/mol. The lowest BCUT2D eigenvalue weighted by Crippen LogP contribution is -2.47. The summed E-state index contributed by atoms with van der Waals surface area (Å²) in [7, 11) is 0. The summed E-state index contributed by atoms with van der Waals surface area (Å²) in [5.41, 5.74) is 5.76. The van der Waals surface area contributed by atoms with Crippen molar-refractivity contribution in [3.63, 3.8) is 0 Å². The van der Waals surface area contributed by atoms with Crippen LogP contribution in [-0.2, 0) is 4.79 Å². The summed E-state index contributed by atoms with van der Waals surface area (Å²) in [5, 5.41) is 0. The van der Waals surface area contributed by atoms with Gasteiger partial charge in [0.15, 0.2) is 0 Å². The second kappa shape index (κ2) is 5.91. The largest absolute Gasteiger partial charge is 0.336 e. The van der Waals surface area contributed by atoms with Crippen molar-refractivity contribution < 1.29 is 4.79 Å². The standard InChI is InChI=1S/C12H22N2O/c1-3-12(15)14(4-2)11-8-6-5-7-10(11)9-13/h3,10-11H,1,4-9,13H2,2H3. The van der Waals surface area contributed by atoms with Crippen LogP contribution in [0, 0.1) is 5.92 Å². The van der Waals surface area contributed by atoms with Crippen molar-refractivity contribution in [1.29, 1.82) is 0 Å². The molecule has 86 valence electrons. The van der Waals surface area contributed by atoms with Crippen LogP contribution in [0.5, 0.6) is 0 Å². The van der Waals surface area contributed by atoms with Crippen molar-refractivity contribution in [3.05, 3.63) is 12.7 Å². The molecule has 0 heterocycles. The summed E-state index contributed by atoms with van der Waals surface area (Å²) in [6.07, 6.45) is 6.11. The molecular weight excluding hydrogens is 188 g/mol. The van der Waals surface area contributed by atoms with Gasteiger partial charge < -0.3 is 10.6 Å². The lowest BCUT2D eigenvalue weighted by Gasteiger charge is -2.38. The van der Waals surface area contributed by atoms with Gasteiger partial charge in [0.25, 0.3) is 0 Å². The molecule has 15 heavy (non-hydrogen) atoms. The van der Waals surface area contributed by atoms with E-state index in [9.17, 15) is 4.79 Å². The minimum absolute atomic E-state index is 0.0443. The number of carbonyl (C=O) groups excluding carboxylic acids is 1. The number of nitrogens with zero attached hydrogens (tertiary/aromatic N) is 1. The van der Waals surface area contributed by atoms with E-state index in [1.807, 2.05) is 11.8 Å². The van der Waals surface area contributed by atoms with Crippen LogP contribution in [0.25, 0.3) is 0 Å². The van der Waals surface area contributed by atoms with E-state index in [-0.39, 0.29) is 5.91 Å². The summed E-state index contributed by atoms with van der Waals surface area (Å²) in [6.45, 7) is 7.01. The van der Waals surface area contributed by atoms with Crippen LogP contribution in [0.3, 0.4) is 0 Å². The van der Waals surface area contributed by atoms with E-state index in [4.69, 9.17) is 5.73 Å². The Balaban J connectivity index is 2.71. The Bertz CT molecular complexity index is 228. The molecule has 0 saturated heterocycles. The Labute approximate surface area is 92.3 Å². The molecule has 1 fully saturated rings. The SMILES string of the molecule is C=CC(=O)N(CC)C1CCCCC1CN. The third-order valence-electron chi connectivity index (χ3n) is 3.37. The molecule has 1 aliphatic carbocycles. The summed E-state index contributed by atoms with van der Waals surface area (Å²) in [4.78, 5) is 13.6. The summed E-state index contributed by atoms with van der Waals surface area (Å²) >= 11 is 0. The molecule has 1 aliphatic rings. The van der Waals surface area contributed by atoms with Gasteiger partial charge in [-0.3, -0.25) is 4.79 Å². The van der Waals surface area contributed by atoms with Gasteiger partial charge in [0.1, 0.15) is 0 Å². The van der Waals surface area contributed by atoms with E-state index in [0.717, 1.165) is 19.4 Å². The molecule has 0 aromatic heterocycles. The molecule has 0 aliphatic heterocycles. The van der Waals surface area contributed by atoms with Gasteiger partial charge in [0, 0.05) is 12.6 Å².